The number of carboxylic acid groups (broad SMARTS) is 1. The van der Waals surface area contributed by atoms with Crippen molar-refractivity contribution in [2.24, 2.45) is 5.92 Å². The van der Waals surface area contributed by atoms with Crippen LogP contribution in [0, 0.1) is 5.92 Å². The number of amides is 2. The molecule has 2 N–H and O–H groups in total. The lowest BCUT2D eigenvalue weighted by atomic mass is 10.0. The van der Waals surface area contributed by atoms with Crippen molar-refractivity contribution < 1.29 is 14.7 Å². The zero-order valence-corrected chi connectivity index (χ0v) is 8.32. The third-order valence-electron chi connectivity index (χ3n) is 2.34. The Bertz CT molecular complexity index is 230. The summed E-state index contributed by atoms with van der Waals surface area (Å²) in [5.74, 6) is -0.497. The number of nitrogens with one attached hydrogen (secondary N) is 1. The van der Waals surface area contributed by atoms with Crippen molar-refractivity contribution in [3.8, 4) is 0 Å². The lowest BCUT2D eigenvalue weighted by molar-refractivity contribution is -0.135. The number of hydrogen-bond donors (Lipinski definition) is 2. The first kappa shape index (κ1) is 10.8. The molecular formula is C9H16N2O3. The van der Waals surface area contributed by atoms with E-state index in [1.807, 2.05) is 0 Å². The minimum atomic E-state index is -1.01. The van der Waals surface area contributed by atoms with Crippen LogP contribution >= 0.6 is 0 Å². The predicted molar refractivity (Wildman–Crippen MR) is 51.0 cm³/mol. The second-order valence-electron chi connectivity index (χ2n) is 3.75. The van der Waals surface area contributed by atoms with Gasteiger partial charge in [0.05, 0.1) is 0 Å². The summed E-state index contributed by atoms with van der Waals surface area (Å²) in [5.41, 5.74) is 0. The van der Waals surface area contributed by atoms with Crippen molar-refractivity contribution in [2.45, 2.75) is 19.8 Å². The van der Waals surface area contributed by atoms with Gasteiger partial charge in [-0.2, -0.15) is 0 Å². The predicted octanol–water partition coefficient (Wildman–Crippen LogP) is 0.512. The molecule has 5 heteroatoms. The van der Waals surface area contributed by atoms with Crippen LogP contribution in [0.15, 0.2) is 0 Å². The molecule has 0 aromatic rings. The van der Waals surface area contributed by atoms with Crippen LogP contribution < -0.4 is 5.32 Å². The Hall–Kier alpha value is -1.26. The van der Waals surface area contributed by atoms with E-state index in [4.69, 9.17) is 5.11 Å². The number of carbonyl (C=O) groups is 2. The van der Waals surface area contributed by atoms with Crippen molar-refractivity contribution >= 4 is 12.0 Å². The topological polar surface area (TPSA) is 69.6 Å². The van der Waals surface area contributed by atoms with E-state index in [0.717, 1.165) is 25.9 Å². The molecule has 2 amide bonds. The number of carboxylic acids is 1. The minimum absolute atomic E-state index is 0.265. The third kappa shape index (κ3) is 3.24. The fourth-order valence-electron chi connectivity index (χ4n) is 1.64. The van der Waals surface area contributed by atoms with E-state index in [1.54, 1.807) is 4.90 Å². The normalized spacial score (nSPS) is 21.8. The number of carbonyl (C=O) groups excluding carboxylic acids is 1. The molecule has 1 heterocycles. The van der Waals surface area contributed by atoms with Crippen LogP contribution in [0.25, 0.3) is 0 Å². The Labute approximate surface area is 83.1 Å². The largest absolute Gasteiger partial charge is 0.480 e. The van der Waals surface area contributed by atoms with Gasteiger partial charge in [0.2, 0.25) is 0 Å². The summed E-state index contributed by atoms with van der Waals surface area (Å²) in [7, 11) is 0. The zero-order chi connectivity index (χ0) is 10.6. The van der Waals surface area contributed by atoms with E-state index < -0.39 is 5.97 Å². The Morgan fingerprint density at radius 2 is 2.29 bits per heavy atom. The summed E-state index contributed by atoms with van der Waals surface area (Å²) in [4.78, 5) is 23.3. The summed E-state index contributed by atoms with van der Waals surface area (Å²) in [5, 5.41) is 10.7. The highest BCUT2D eigenvalue weighted by Gasteiger charge is 2.20. The maximum Gasteiger partial charge on any atom is 0.323 e. The van der Waals surface area contributed by atoms with Crippen LogP contribution in [0.4, 0.5) is 4.79 Å². The zero-order valence-electron chi connectivity index (χ0n) is 8.32. The summed E-state index contributed by atoms with van der Waals surface area (Å²) >= 11 is 0. The molecular weight excluding hydrogens is 184 g/mol. The van der Waals surface area contributed by atoms with E-state index >= 15 is 0 Å². The van der Waals surface area contributed by atoms with Gasteiger partial charge in [-0.15, -0.1) is 0 Å². The van der Waals surface area contributed by atoms with Gasteiger partial charge >= 0.3 is 12.0 Å². The van der Waals surface area contributed by atoms with Crippen LogP contribution in [-0.4, -0.2) is 41.6 Å². The standard InChI is InChI=1S/C9H16N2O3/c1-7-3-2-4-11(6-7)9(14)10-5-8(12)13/h7H,2-6H2,1H3,(H,10,14)(H,12,13). The van der Waals surface area contributed by atoms with Crippen molar-refractivity contribution in [1.82, 2.24) is 10.2 Å². The van der Waals surface area contributed by atoms with Crippen LogP contribution in [0.1, 0.15) is 19.8 Å². The van der Waals surface area contributed by atoms with Gasteiger partial charge in [0.15, 0.2) is 0 Å². The minimum Gasteiger partial charge on any atom is -0.480 e. The van der Waals surface area contributed by atoms with Crippen LogP contribution in [0.2, 0.25) is 0 Å². The highest BCUT2D eigenvalue weighted by molar-refractivity contribution is 5.79. The van der Waals surface area contributed by atoms with Crippen molar-refractivity contribution in [3.63, 3.8) is 0 Å². The highest BCUT2D eigenvalue weighted by Crippen LogP contribution is 2.14. The molecule has 0 aromatic carbocycles. The molecule has 1 aliphatic rings. The second kappa shape index (κ2) is 4.83. The molecule has 1 saturated heterocycles. The average molecular weight is 200 g/mol. The lowest BCUT2D eigenvalue weighted by Gasteiger charge is -2.30. The molecule has 1 fully saturated rings. The van der Waals surface area contributed by atoms with E-state index in [1.165, 1.54) is 0 Å². The fraction of sp³-hybridized carbons (Fsp3) is 0.778. The first-order valence-electron chi connectivity index (χ1n) is 4.84. The van der Waals surface area contributed by atoms with Crippen molar-refractivity contribution in [1.29, 1.82) is 0 Å². The Morgan fingerprint density at radius 1 is 1.57 bits per heavy atom. The lowest BCUT2D eigenvalue weighted by Crippen LogP contribution is -2.46. The van der Waals surface area contributed by atoms with Crippen LogP contribution in [0.5, 0.6) is 0 Å². The molecule has 1 unspecified atom stereocenters. The monoisotopic (exact) mass is 200 g/mol. The summed E-state index contributed by atoms with van der Waals surface area (Å²) in [6.07, 6.45) is 2.14. The van der Waals surface area contributed by atoms with Gasteiger partial charge in [-0.3, -0.25) is 4.79 Å². The Balaban J connectivity index is 2.32. The number of rotatable bonds is 2. The van der Waals surface area contributed by atoms with Crippen molar-refractivity contribution in [2.75, 3.05) is 19.6 Å². The van der Waals surface area contributed by atoms with Crippen LogP contribution in [-0.2, 0) is 4.79 Å². The van der Waals surface area contributed by atoms with Gasteiger partial charge in [-0.25, -0.2) is 4.79 Å². The Morgan fingerprint density at radius 3 is 2.86 bits per heavy atom. The molecule has 0 bridgehead atoms. The number of likely N-dealkylation sites (tertiary alicyclic amines) is 1. The molecule has 0 saturated carbocycles. The van der Waals surface area contributed by atoms with E-state index in [0.29, 0.717) is 5.92 Å². The number of hydrogen-bond acceptors (Lipinski definition) is 2. The smallest absolute Gasteiger partial charge is 0.323 e. The van der Waals surface area contributed by atoms with E-state index in [9.17, 15) is 9.59 Å². The first-order chi connectivity index (χ1) is 6.59. The summed E-state index contributed by atoms with van der Waals surface area (Å²) in [6.45, 7) is 3.25. The second-order valence-corrected chi connectivity index (χ2v) is 3.75. The quantitative estimate of drug-likeness (QED) is 0.682. The average Bonchev–Trinajstić information content (AvgIpc) is 2.14. The highest BCUT2D eigenvalue weighted by atomic mass is 16.4. The fourth-order valence-corrected chi connectivity index (χ4v) is 1.64. The van der Waals surface area contributed by atoms with Gasteiger partial charge < -0.3 is 15.3 Å². The SMILES string of the molecule is CC1CCCN(C(=O)NCC(=O)O)C1. The third-order valence-corrected chi connectivity index (χ3v) is 2.34. The first-order valence-corrected chi connectivity index (χ1v) is 4.84. The molecule has 0 radical (unpaired) electrons. The summed E-state index contributed by atoms with van der Waals surface area (Å²) in [6, 6.07) is -0.265. The van der Waals surface area contributed by atoms with Crippen LogP contribution in [0.3, 0.4) is 0 Å². The molecule has 1 atom stereocenters. The summed E-state index contributed by atoms with van der Waals surface area (Å²) < 4.78 is 0. The van der Waals surface area contributed by atoms with Gasteiger partial charge in [0.25, 0.3) is 0 Å². The van der Waals surface area contributed by atoms with Gasteiger partial charge in [-0.1, -0.05) is 6.92 Å². The number of urea groups is 1. The molecule has 5 nitrogen and oxygen atoms in total. The molecule has 80 valence electrons. The van der Waals surface area contributed by atoms with E-state index in [-0.39, 0.29) is 12.6 Å². The molecule has 0 aliphatic carbocycles. The molecule has 1 rings (SSSR count). The molecule has 0 spiro atoms. The number of piperidine rings is 1. The van der Waals surface area contributed by atoms with Gasteiger partial charge in [-0.05, 0) is 18.8 Å². The number of nitrogens with zero attached hydrogens (tertiary/aromatic N) is 1. The Kier molecular flexibility index (Phi) is 3.73. The molecule has 14 heavy (non-hydrogen) atoms. The molecule has 0 aromatic heterocycles. The maximum absolute atomic E-state index is 11.4. The van der Waals surface area contributed by atoms with Gasteiger partial charge in [0, 0.05) is 13.1 Å². The van der Waals surface area contributed by atoms with Gasteiger partial charge in [0.1, 0.15) is 6.54 Å². The number of aliphatic carboxylic acids is 1. The van der Waals surface area contributed by atoms with Crippen molar-refractivity contribution in [3.05, 3.63) is 0 Å². The maximum atomic E-state index is 11.4. The molecule has 1 aliphatic heterocycles. The van der Waals surface area contributed by atoms with E-state index in [2.05, 4.69) is 12.2 Å².